The minimum Gasteiger partial charge on any atom is -0.508 e. The molecule has 0 atom stereocenters. The van der Waals surface area contributed by atoms with Crippen LogP contribution in [0.2, 0.25) is 0 Å². The Morgan fingerprint density at radius 3 is 1.97 bits per heavy atom. The second-order valence-electron chi connectivity index (χ2n) is 7.63. The van der Waals surface area contributed by atoms with E-state index in [4.69, 9.17) is 0 Å². The predicted molar refractivity (Wildman–Crippen MR) is 126 cm³/mol. The zero-order valence-electron chi connectivity index (χ0n) is 17.4. The Morgan fingerprint density at radius 2 is 1.38 bits per heavy atom. The van der Waals surface area contributed by atoms with Gasteiger partial charge in [-0.15, -0.1) is 12.4 Å². The fraction of sp³-hybridized carbons (Fsp3) is 0.231. The number of aromatic hydroxyl groups is 1. The molecular formula is C26H30ClNO. The second-order valence-corrected chi connectivity index (χ2v) is 7.63. The van der Waals surface area contributed by atoms with Gasteiger partial charge >= 0.3 is 0 Å². The van der Waals surface area contributed by atoms with E-state index in [0.717, 1.165) is 24.9 Å². The van der Waals surface area contributed by atoms with Crippen molar-refractivity contribution in [3.05, 3.63) is 107 Å². The first-order valence-corrected chi connectivity index (χ1v) is 9.80. The molecule has 0 aromatic heterocycles. The van der Waals surface area contributed by atoms with E-state index in [1.807, 2.05) is 12.1 Å². The third-order valence-corrected chi connectivity index (χ3v) is 4.90. The van der Waals surface area contributed by atoms with Crippen LogP contribution in [0.1, 0.15) is 29.2 Å². The zero-order chi connectivity index (χ0) is 19.9. The van der Waals surface area contributed by atoms with Crippen molar-refractivity contribution in [3.8, 4) is 5.75 Å². The summed E-state index contributed by atoms with van der Waals surface area (Å²) >= 11 is 0. The Bertz CT molecular complexity index is 930. The summed E-state index contributed by atoms with van der Waals surface area (Å²) in [6.07, 6.45) is 2.08. The van der Waals surface area contributed by atoms with Crippen LogP contribution in [0.15, 0.2) is 84.4 Å². The number of rotatable bonds is 7. The molecule has 0 bridgehead atoms. The van der Waals surface area contributed by atoms with Crippen molar-refractivity contribution >= 4 is 18.0 Å². The highest BCUT2D eigenvalue weighted by Crippen LogP contribution is 2.29. The van der Waals surface area contributed by atoms with E-state index in [1.54, 1.807) is 6.07 Å². The van der Waals surface area contributed by atoms with Gasteiger partial charge in [-0.2, -0.15) is 0 Å². The predicted octanol–water partition coefficient (Wildman–Crippen LogP) is 5.98. The van der Waals surface area contributed by atoms with Gasteiger partial charge in [0.2, 0.25) is 0 Å². The average molecular weight is 408 g/mol. The summed E-state index contributed by atoms with van der Waals surface area (Å²) < 4.78 is 0. The molecule has 3 heteroatoms. The molecule has 0 amide bonds. The third-order valence-electron chi connectivity index (χ3n) is 4.90. The largest absolute Gasteiger partial charge is 0.508 e. The molecule has 0 spiro atoms. The number of likely N-dealkylation sites (N-methyl/N-ethyl adjacent to an activating group) is 1. The summed E-state index contributed by atoms with van der Waals surface area (Å²) in [5.41, 5.74) is 7.43. The molecule has 0 unspecified atom stereocenters. The van der Waals surface area contributed by atoms with Crippen LogP contribution in [0.4, 0.5) is 0 Å². The number of halogens is 1. The highest BCUT2D eigenvalue weighted by atomic mass is 35.5. The van der Waals surface area contributed by atoms with Crippen molar-refractivity contribution in [2.45, 2.75) is 19.8 Å². The molecule has 29 heavy (non-hydrogen) atoms. The normalized spacial score (nSPS) is 11.7. The minimum atomic E-state index is 0. The van der Waals surface area contributed by atoms with Crippen molar-refractivity contribution in [2.24, 2.45) is 0 Å². The lowest BCUT2D eigenvalue weighted by Gasteiger charge is -2.17. The zero-order valence-corrected chi connectivity index (χ0v) is 18.2. The summed E-state index contributed by atoms with van der Waals surface area (Å²) in [6, 6.07) is 27.0. The van der Waals surface area contributed by atoms with Gasteiger partial charge in [0.05, 0.1) is 0 Å². The van der Waals surface area contributed by atoms with E-state index in [2.05, 4.69) is 86.6 Å². The molecular weight excluding hydrogens is 378 g/mol. The molecule has 0 fully saturated rings. The third kappa shape index (κ3) is 6.49. The van der Waals surface area contributed by atoms with Crippen LogP contribution in [0.3, 0.4) is 0 Å². The first-order valence-electron chi connectivity index (χ1n) is 9.80. The maximum absolute atomic E-state index is 9.96. The molecule has 152 valence electrons. The van der Waals surface area contributed by atoms with E-state index in [9.17, 15) is 5.11 Å². The van der Waals surface area contributed by atoms with Crippen molar-refractivity contribution in [1.29, 1.82) is 0 Å². The summed E-state index contributed by atoms with van der Waals surface area (Å²) in [5.74, 6) is 0.298. The Kier molecular flexibility index (Phi) is 8.50. The molecule has 0 aliphatic carbocycles. The molecule has 0 aliphatic rings. The van der Waals surface area contributed by atoms with Crippen LogP contribution in [-0.2, 0) is 12.8 Å². The molecule has 0 heterocycles. The Morgan fingerprint density at radius 1 is 0.759 bits per heavy atom. The first kappa shape index (κ1) is 22.7. The van der Waals surface area contributed by atoms with Gasteiger partial charge in [0.25, 0.3) is 0 Å². The van der Waals surface area contributed by atoms with Gasteiger partial charge in [0.15, 0.2) is 0 Å². The molecule has 3 aromatic carbocycles. The van der Waals surface area contributed by atoms with E-state index in [0.29, 0.717) is 5.75 Å². The SMILES string of the molecule is CC(CN(C)C)=C(c1ccc(CCc2ccccc2)cc1)c1cccc(O)c1.Cl. The first-order chi connectivity index (χ1) is 13.5. The molecule has 1 N–H and O–H groups in total. The van der Waals surface area contributed by atoms with Crippen LogP contribution in [0.25, 0.3) is 5.57 Å². The number of benzene rings is 3. The fourth-order valence-corrected chi connectivity index (χ4v) is 3.65. The molecule has 3 aromatic rings. The Hall–Kier alpha value is -2.55. The molecule has 2 nitrogen and oxygen atoms in total. The van der Waals surface area contributed by atoms with Crippen LogP contribution in [0.5, 0.6) is 5.75 Å². The number of phenols is 1. The number of nitrogens with zero attached hydrogens (tertiary/aromatic N) is 1. The topological polar surface area (TPSA) is 23.5 Å². The molecule has 0 saturated heterocycles. The van der Waals surface area contributed by atoms with Gasteiger partial charge < -0.3 is 10.0 Å². The lowest BCUT2D eigenvalue weighted by Crippen LogP contribution is -2.15. The number of phenolic OH excluding ortho intramolecular Hbond substituents is 1. The van der Waals surface area contributed by atoms with Crippen molar-refractivity contribution < 1.29 is 5.11 Å². The van der Waals surface area contributed by atoms with Gasteiger partial charge in [0.1, 0.15) is 5.75 Å². The standard InChI is InChI=1S/C26H29NO.ClH/c1-20(19-27(2)3)26(24-10-7-11-25(28)18-24)23-16-14-22(15-17-23)13-12-21-8-5-4-6-9-21;/h4-11,14-18,28H,12-13,19H2,1-3H3;1H. The van der Waals surface area contributed by atoms with E-state index < -0.39 is 0 Å². The Labute approximate surface area is 180 Å². The summed E-state index contributed by atoms with van der Waals surface area (Å²) in [7, 11) is 4.16. The Balaban J connectivity index is 0.00000300. The summed E-state index contributed by atoms with van der Waals surface area (Å²) in [6.45, 7) is 3.05. The second kappa shape index (κ2) is 10.8. The molecule has 0 saturated carbocycles. The van der Waals surface area contributed by atoms with Crippen molar-refractivity contribution in [3.63, 3.8) is 0 Å². The van der Waals surface area contributed by atoms with Crippen LogP contribution in [0, 0.1) is 0 Å². The fourth-order valence-electron chi connectivity index (χ4n) is 3.65. The van der Waals surface area contributed by atoms with Crippen LogP contribution in [-0.4, -0.2) is 30.6 Å². The number of hydrogen-bond donors (Lipinski definition) is 1. The number of aryl methyl sites for hydroxylation is 2. The molecule has 0 radical (unpaired) electrons. The smallest absolute Gasteiger partial charge is 0.116 e. The summed E-state index contributed by atoms with van der Waals surface area (Å²) in [4.78, 5) is 2.17. The van der Waals surface area contributed by atoms with Gasteiger partial charge in [0, 0.05) is 6.54 Å². The van der Waals surface area contributed by atoms with Crippen molar-refractivity contribution in [1.82, 2.24) is 4.90 Å². The van der Waals surface area contributed by atoms with Crippen LogP contribution < -0.4 is 0 Å². The lowest BCUT2D eigenvalue weighted by molar-refractivity contribution is 0.446. The van der Waals surface area contributed by atoms with Gasteiger partial charge in [-0.25, -0.2) is 0 Å². The average Bonchev–Trinajstić information content (AvgIpc) is 2.68. The maximum Gasteiger partial charge on any atom is 0.116 e. The number of hydrogen-bond acceptors (Lipinski definition) is 2. The summed E-state index contributed by atoms with van der Waals surface area (Å²) in [5, 5.41) is 9.96. The van der Waals surface area contributed by atoms with E-state index in [1.165, 1.54) is 27.8 Å². The quantitative estimate of drug-likeness (QED) is 0.520. The molecule has 3 rings (SSSR count). The van der Waals surface area contributed by atoms with E-state index in [-0.39, 0.29) is 12.4 Å². The van der Waals surface area contributed by atoms with Crippen LogP contribution >= 0.6 is 12.4 Å². The maximum atomic E-state index is 9.96. The highest BCUT2D eigenvalue weighted by Gasteiger charge is 2.11. The van der Waals surface area contributed by atoms with Crippen molar-refractivity contribution in [2.75, 3.05) is 20.6 Å². The van der Waals surface area contributed by atoms with Gasteiger partial charge in [-0.1, -0.05) is 72.3 Å². The molecule has 0 aliphatic heterocycles. The van der Waals surface area contributed by atoms with E-state index >= 15 is 0 Å². The monoisotopic (exact) mass is 407 g/mol. The van der Waals surface area contributed by atoms with Gasteiger partial charge in [-0.05, 0) is 73.8 Å². The lowest BCUT2D eigenvalue weighted by atomic mass is 9.92. The minimum absolute atomic E-state index is 0. The highest BCUT2D eigenvalue weighted by molar-refractivity contribution is 5.85. The van der Waals surface area contributed by atoms with Gasteiger partial charge in [-0.3, -0.25) is 0 Å².